The molecule has 0 radical (unpaired) electrons. The Balaban J connectivity index is 1.65. The maximum absolute atomic E-state index is 12.2. The number of aliphatic imine (C=N–C) groups is 1. The zero-order valence-corrected chi connectivity index (χ0v) is 15.3. The molecule has 1 N–H and O–H groups in total. The number of benzene rings is 1. The SMILES string of the molecule is O=C1NC(=Nc2c(Cl)cncc2Cl)SC1=Cc1ccc2nccnc2c1. The first-order chi connectivity index (χ1) is 12.6. The van der Waals surface area contributed by atoms with E-state index in [2.05, 4.69) is 25.3 Å². The van der Waals surface area contributed by atoms with E-state index in [1.807, 2.05) is 18.2 Å². The Kier molecular flexibility index (Phi) is 4.58. The summed E-state index contributed by atoms with van der Waals surface area (Å²) in [4.78, 5) is 29.4. The van der Waals surface area contributed by atoms with Gasteiger partial charge in [-0.15, -0.1) is 0 Å². The highest BCUT2D eigenvalue weighted by atomic mass is 35.5. The Labute approximate surface area is 162 Å². The average molecular weight is 402 g/mol. The number of hydrogen-bond donors (Lipinski definition) is 1. The van der Waals surface area contributed by atoms with Gasteiger partial charge < -0.3 is 5.32 Å². The van der Waals surface area contributed by atoms with Crippen LogP contribution in [0, 0.1) is 0 Å². The fourth-order valence-corrected chi connectivity index (χ4v) is 3.59. The van der Waals surface area contributed by atoms with Crippen LogP contribution in [-0.2, 0) is 4.79 Å². The first kappa shape index (κ1) is 17.0. The first-order valence-electron chi connectivity index (χ1n) is 7.39. The van der Waals surface area contributed by atoms with E-state index in [0.29, 0.717) is 25.8 Å². The van der Waals surface area contributed by atoms with Crippen molar-refractivity contribution in [3.63, 3.8) is 0 Å². The van der Waals surface area contributed by atoms with Crippen LogP contribution in [0.15, 0.2) is 52.9 Å². The van der Waals surface area contributed by atoms with E-state index in [9.17, 15) is 4.79 Å². The average Bonchev–Trinajstić information content (AvgIpc) is 2.97. The molecule has 2 aromatic heterocycles. The second-order valence-electron chi connectivity index (χ2n) is 5.24. The van der Waals surface area contributed by atoms with Crippen LogP contribution in [0.1, 0.15) is 5.56 Å². The number of amidine groups is 1. The summed E-state index contributed by atoms with van der Waals surface area (Å²) in [6.07, 6.45) is 7.93. The smallest absolute Gasteiger partial charge is 0.264 e. The lowest BCUT2D eigenvalue weighted by Crippen LogP contribution is -2.19. The predicted octanol–water partition coefficient (Wildman–Crippen LogP) is 4.22. The molecular weight excluding hydrogens is 393 g/mol. The van der Waals surface area contributed by atoms with Crippen molar-refractivity contribution in [1.29, 1.82) is 0 Å². The first-order valence-corrected chi connectivity index (χ1v) is 8.97. The predicted molar refractivity (Wildman–Crippen MR) is 105 cm³/mol. The standard InChI is InChI=1S/C17H9Cl2N5OS/c18-10-7-20-8-11(19)15(10)23-17-24-16(25)14(26-17)6-9-1-2-12-13(5-9)22-4-3-21-12/h1-8H,(H,20,23,24,25). The number of rotatable bonds is 2. The molecule has 1 saturated heterocycles. The van der Waals surface area contributed by atoms with Gasteiger partial charge in [-0.1, -0.05) is 29.3 Å². The Morgan fingerprint density at radius 3 is 2.58 bits per heavy atom. The number of fused-ring (bicyclic) bond motifs is 1. The molecule has 6 nitrogen and oxygen atoms in total. The highest BCUT2D eigenvalue weighted by molar-refractivity contribution is 8.18. The maximum atomic E-state index is 12.2. The zero-order valence-electron chi connectivity index (χ0n) is 13.0. The van der Waals surface area contributed by atoms with Gasteiger partial charge >= 0.3 is 0 Å². The number of halogens is 2. The van der Waals surface area contributed by atoms with Crippen molar-refractivity contribution < 1.29 is 4.79 Å². The van der Waals surface area contributed by atoms with Crippen LogP contribution in [-0.4, -0.2) is 26.0 Å². The van der Waals surface area contributed by atoms with Crippen LogP contribution in [0.3, 0.4) is 0 Å². The fraction of sp³-hybridized carbons (Fsp3) is 0. The fourth-order valence-electron chi connectivity index (χ4n) is 2.31. The molecule has 1 aliphatic rings. The number of nitrogens with zero attached hydrogens (tertiary/aromatic N) is 4. The Hall–Kier alpha value is -2.48. The summed E-state index contributed by atoms with van der Waals surface area (Å²) in [6, 6.07) is 5.61. The minimum Gasteiger partial charge on any atom is -0.300 e. The topological polar surface area (TPSA) is 80.1 Å². The molecule has 9 heteroatoms. The number of aromatic nitrogens is 3. The number of carbonyl (C=O) groups is 1. The van der Waals surface area contributed by atoms with Crippen molar-refractivity contribution in [3.8, 4) is 0 Å². The molecule has 1 fully saturated rings. The van der Waals surface area contributed by atoms with Crippen LogP contribution in [0.5, 0.6) is 0 Å². The molecule has 1 aromatic carbocycles. The van der Waals surface area contributed by atoms with Crippen LogP contribution in [0.25, 0.3) is 17.1 Å². The van der Waals surface area contributed by atoms with E-state index < -0.39 is 0 Å². The summed E-state index contributed by atoms with van der Waals surface area (Å²) in [7, 11) is 0. The molecule has 1 aliphatic heterocycles. The van der Waals surface area contributed by atoms with Crippen molar-refractivity contribution in [1.82, 2.24) is 20.3 Å². The zero-order chi connectivity index (χ0) is 18.1. The van der Waals surface area contributed by atoms with Crippen LogP contribution >= 0.6 is 35.0 Å². The number of thioether (sulfide) groups is 1. The van der Waals surface area contributed by atoms with Gasteiger partial charge in [-0.2, -0.15) is 0 Å². The third kappa shape index (κ3) is 3.41. The van der Waals surface area contributed by atoms with Gasteiger partial charge in [0, 0.05) is 24.8 Å². The van der Waals surface area contributed by atoms with Gasteiger partial charge in [-0.3, -0.25) is 19.7 Å². The second kappa shape index (κ2) is 7.03. The summed E-state index contributed by atoms with van der Waals surface area (Å²) in [5, 5.41) is 3.73. The van der Waals surface area contributed by atoms with Gasteiger partial charge in [0.1, 0.15) is 5.69 Å². The lowest BCUT2D eigenvalue weighted by molar-refractivity contribution is -0.115. The number of amides is 1. The van der Waals surface area contributed by atoms with E-state index in [0.717, 1.165) is 16.6 Å². The molecule has 26 heavy (non-hydrogen) atoms. The van der Waals surface area contributed by atoms with Gasteiger partial charge in [0.05, 0.1) is 26.0 Å². The highest BCUT2D eigenvalue weighted by Gasteiger charge is 2.24. The molecule has 3 heterocycles. The van der Waals surface area contributed by atoms with E-state index in [-0.39, 0.29) is 5.91 Å². The van der Waals surface area contributed by atoms with Crippen molar-refractivity contribution in [3.05, 3.63) is 63.5 Å². The normalized spacial score (nSPS) is 17.2. The van der Waals surface area contributed by atoms with Gasteiger partial charge in [-0.05, 0) is 35.5 Å². The van der Waals surface area contributed by atoms with Crippen LogP contribution < -0.4 is 5.32 Å². The van der Waals surface area contributed by atoms with Crippen molar-refractivity contribution in [2.24, 2.45) is 4.99 Å². The third-order valence-corrected chi connectivity index (χ3v) is 4.95. The molecule has 0 aliphatic carbocycles. The van der Waals surface area contributed by atoms with E-state index in [1.165, 1.54) is 24.2 Å². The molecule has 1 amide bonds. The summed E-state index contributed by atoms with van der Waals surface area (Å²) < 4.78 is 0. The van der Waals surface area contributed by atoms with E-state index in [4.69, 9.17) is 23.2 Å². The largest absolute Gasteiger partial charge is 0.300 e. The van der Waals surface area contributed by atoms with E-state index >= 15 is 0 Å². The molecule has 0 unspecified atom stereocenters. The van der Waals surface area contributed by atoms with Crippen molar-refractivity contribution in [2.45, 2.75) is 0 Å². The number of nitrogens with one attached hydrogen (secondary N) is 1. The quantitative estimate of drug-likeness (QED) is 0.650. The van der Waals surface area contributed by atoms with Crippen LogP contribution in [0.2, 0.25) is 10.0 Å². The molecule has 0 bridgehead atoms. The Bertz CT molecular complexity index is 1080. The highest BCUT2D eigenvalue weighted by Crippen LogP contribution is 2.35. The Morgan fingerprint density at radius 1 is 1.08 bits per heavy atom. The summed E-state index contributed by atoms with van der Waals surface area (Å²) in [6.45, 7) is 0. The van der Waals surface area contributed by atoms with Crippen molar-refractivity contribution in [2.75, 3.05) is 0 Å². The molecule has 4 rings (SSSR count). The molecule has 128 valence electrons. The number of pyridine rings is 1. The number of carbonyl (C=O) groups excluding carboxylic acids is 1. The summed E-state index contributed by atoms with van der Waals surface area (Å²) in [5.41, 5.74) is 2.77. The molecule has 0 spiro atoms. The molecule has 3 aromatic rings. The summed E-state index contributed by atoms with van der Waals surface area (Å²) in [5.74, 6) is -0.241. The monoisotopic (exact) mass is 401 g/mol. The van der Waals surface area contributed by atoms with E-state index in [1.54, 1.807) is 18.5 Å². The summed E-state index contributed by atoms with van der Waals surface area (Å²) >= 11 is 13.3. The second-order valence-corrected chi connectivity index (χ2v) is 7.08. The lowest BCUT2D eigenvalue weighted by atomic mass is 10.2. The molecular formula is C17H9Cl2N5OS. The molecule has 0 atom stereocenters. The Morgan fingerprint density at radius 2 is 1.81 bits per heavy atom. The lowest BCUT2D eigenvalue weighted by Gasteiger charge is -2.01. The molecule has 0 saturated carbocycles. The minimum absolute atomic E-state index is 0.241. The van der Waals surface area contributed by atoms with Crippen molar-refractivity contribution >= 4 is 68.8 Å². The van der Waals surface area contributed by atoms with Gasteiger partial charge in [-0.25, -0.2) is 4.99 Å². The van der Waals surface area contributed by atoms with Crippen LogP contribution in [0.4, 0.5) is 5.69 Å². The van der Waals surface area contributed by atoms with Gasteiger partial charge in [0.25, 0.3) is 5.91 Å². The minimum atomic E-state index is -0.241. The third-order valence-electron chi connectivity index (χ3n) is 3.48. The van der Waals surface area contributed by atoms with Gasteiger partial charge in [0.2, 0.25) is 0 Å². The maximum Gasteiger partial charge on any atom is 0.264 e. The number of hydrogen-bond acceptors (Lipinski definition) is 6. The van der Waals surface area contributed by atoms with Gasteiger partial charge in [0.15, 0.2) is 5.17 Å².